The number of esters is 1. The van der Waals surface area contributed by atoms with Crippen molar-refractivity contribution in [2.24, 2.45) is 0 Å². The second-order valence-corrected chi connectivity index (χ2v) is 7.39. The van der Waals surface area contributed by atoms with Crippen LogP contribution in [0.4, 0.5) is 5.69 Å². The van der Waals surface area contributed by atoms with Crippen molar-refractivity contribution >= 4 is 29.2 Å². The second-order valence-electron chi connectivity index (χ2n) is 6.99. The van der Waals surface area contributed by atoms with Crippen molar-refractivity contribution in [3.05, 3.63) is 70.0 Å². The maximum Gasteiger partial charge on any atom is 0.305 e. The van der Waals surface area contributed by atoms with Crippen LogP contribution >= 0.6 is 11.6 Å². The summed E-state index contributed by atoms with van der Waals surface area (Å²) in [7, 11) is 2.92. The molecule has 2 aromatic carbocycles. The van der Waals surface area contributed by atoms with Crippen molar-refractivity contribution in [3.8, 4) is 11.4 Å². The topological polar surface area (TPSA) is 82.5 Å². The Hall–Kier alpha value is -3.32. The number of ether oxygens (including phenoxy) is 2. The quantitative estimate of drug-likeness (QED) is 0.545. The molecule has 0 aliphatic rings. The molecule has 7 nitrogen and oxygen atoms in total. The number of carbonyl (C=O) groups excluding carboxylic acids is 2. The van der Waals surface area contributed by atoms with Crippen molar-refractivity contribution in [2.75, 3.05) is 19.5 Å². The van der Waals surface area contributed by atoms with E-state index in [0.717, 1.165) is 22.6 Å². The number of rotatable bonds is 7. The molecule has 1 N–H and O–H groups in total. The molecule has 8 heteroatoms. The van der Waals surface area contributed by atoms with Gasteiger partial charge >= 0.3 is 5.97 Å². The van der Waals surface area contributed by atoms with Crippen LogP contribution in [-0.2, 0) is 16.0 Å². The van der Waals surface area contributed by atoms with Crippen LogP contribution in [0.1, 0.15) is 33.7 Å². The van der Waals surface area contributed by atoms with E-state index < -0.39 is 0 Å². The van der Waals surface area contributed by atoms with Gasteiger partial charge in [0.2, 0.25) is 0 Å². The predicted octanol–water partition coefficient (Wildman–Crippen LogP) is 4.51. The molecule has 1 amide bonds. The summed E-state index contributed by atoms with van der Waals surface area (Å²) in [5.74, 6) is 0.0415. The van der Waals surface area contributed by atoms with Crippen LogP contribution in [0.3, 0.4) is 0 Å². The minimum absolute atomic E-state index is 0.250. The minimum Gasteiger partial charge on any atom is -0.495 e. The Morgan fingerprint density at radius 1 is 1.10 bits per heavy atom. The fourth-order valence-corrected chi connectivity index (χ4v) is 3.58. The van der Waals surface area contributed by atoms with Gasteiger partial charge in [0.15, 0.2) is 0 Å². The fraction of sp³-hybridized carbons (Fsp3) is 0.261. The maximum atomic E-state index is 12.6. The van der Waals surface area contributed by atoms with Gasteiger partial charge in [0.1, 0.15) is 5.75 Å². The van der Waals surface area contributed by atoms with E-state index in [0.29, 0.717) is 34.9 Å². The summed E-state index contributed by atoms with van der Waals surface area (Å²) in [5, 5.41) is 7.83. The van der Waals surface area contributed by atoms with E-state index in [4.69, 9.17) is 21.1 Å². The summed E-state index contributed by atoms with van der Waals surface area (Å²) in [6.07, 6.45) is 0.869. The third-order valence-corrected chi connectivity index (χ3v) is 5.33. The SMILES string of the molecule is COC(=O)CCc1c(C)nn(-c2ccc(C(=O)Nc3ccc(OC)c(Cl)c3)cc2)c1C. The number of hydrogen-bond donors (Lipinski definition) is 1. The monoisotopic (exact) mass is 441 g/mol. The maximum absolute atomic E-state index is 12.6. The highest BCUT2D eigenvalue weighted by Crippen LogP contribution is 2.27. The molecule has 0 saturated carbocycles. The van der Waals surface area contributed by atoms with Gasteiger partial charge in [-0.25, -0.2) is 4.68 Å². The number of carbonyl (C=O) groups is 2. The van der Waals surface area contributed by atoms with E-state index >= 15 is 0 Å². The molecule has 1 heterocycles. The average molecular weight is 442 g/mol. The molecule has 0 fully saturated rings. The van der Waals surface area contributed by atoms with E-state index in [2.05, 4.69) is 10.4 Å². The number of hydrogen-bond acceptors (Lipinski definition) is 5. The van der Waals surface area contributed by atoms with Crippen molar-refractivity contribution in [1.82, 2.24) is 9.78 Å². The summed E-state index contributed by atoms with van der Waals surface area (Å²) in [4.78, 5) is 24.0. The number of amides is 1. The van der Waals surface area contributed by atoms with E-state index in [-0.39, 0.29) is 11.9 Å². The Bertz CT molecular complexity index is 1110. The highest BCUT2D eigenvalue weighted by Gasteiger charge is 2.15. The number of halogens is 1. The van der Waals surface area contributed by atoms with E-state index in [1.807, 2.05) is 30.7 Å². The number of nitrogens with zero attached hydrogens (tertiary/aromatic N) is 2. The minimum atomic E-state index is -0.250. The number of anilines is 1. The molecule has 0 atom stereocenters. The molecule has 1 aromatic heterocycles. The first-order chi connectivity index (χ1) is 14.8. The molecule has 0 saturated heterocycles. The molecule has 0 radical (unpaired) electrons. The lowest BCUT2D eigenvalue weighted by Gasteiger charge is -2.09. The zero-order valence-corrected chi connectivity index (χ0v) is 18.6. The van der Waals surface area contributed by atoms with Crippen LogP contribution in [0.25, 0.3) is 5.69 Å². The number of methoxy groups -OCH3 is 2. The largest absolute Gasteiger partial charge is 0.495 e. The van der Waals surface area contributed by atoms with Gasteiger partial charge in [-0.3, -0.25) is 9.59 Å². The summed E-state index contributed by atoms with van der Waals surface area (Å²) < 4.78 is 11.7. The third-order valence-electron chi connectivity index (χ3n) is 5.03. The Balaban J connectivity index is 1.75. The van der Waals surface area contributed by atoms with Crippen LogP contribution in [-0.4, -0.2) is 35.9 Å². The zero-order chi connectivity index (χ0) is 22.5. The molecule has 0 spiro atoms. The number of nitrogens with one attached hydrogen (secondary N) is 1. The highest BCUT2D eigenvalue weighted by atomic mass is 35.5. The van der Waals surface area contributed by atoms with Crippen LogP contribution in [0.2, 0.25) is 5.02 Å². The van der Waals surface area contributed by atoms with Gasteiger partial charge in [0, 0.05) is 23.4 Å². The van der Waals surface area contributed by atoms with Crippen LogP contribution in [0.15, 0.2) is 42.5 Å². The van der Waals surface area contributed by atoms with Crippen LogP contribution in [0, 0.1) is 13.8 Å². The first kappa shape index (κ1) is 22.4. The lowest BCUT2D eigenvalue weighted by Crippen LogP contribution is -2.12. The second kappa shape index (κ2) is 9.66. The summed E-state index contributed by atoms with van der Waals surface area (Å²) in [6, 6.07) is 12.2. The van der Waals surface area contributed by atoms with Gasteiger partial charge in [0.25, 0.3) is 5.91 Å². The predicted molar refractivity (Wildman–Crippen MR) is 119 cm³/mol. The first-order valence-electron chi connectivity index (χ1n) is 9.71. The zero-order valence-electron chi connectivity index (χ0n) is 17.9. The molecule has 0 unspecified atom stereocenters. The number of aryl methyl sites for hydroxylation is 1. The van der Waals surface area contributed by atoms with Gasteiger partial charge in [-0.15, -0.1) is 0 Å². The van der Waals surface area contributed by atoms with Crippen LogP contribution < -0.4 is 10.1 Å². The third kappa shape index (κ3) is 5.06. The summed E-state index contributed by atoms with van der Waals surface area (Å²) in [5.41, 5.74) is 4.74. The van der Waals surface area contributed by atoms with Gasteiger partial charge in [-0.2, -0.15) is 5.10 Å². The Morgan fingerprint density at radius 3 is 2.42 bits per heavy atom. The molecule has 31 heavy (non-hydrogen) atoms. The molecular weight excluding hydrogens is 418 g/mol. The number of aromatic nitrogens is 2. The van der Waals surface area contributed by atoms with Gasteiger partial charge in [-0.1, -0.05) is 11.6 Å². The smallest absolute Gasteiger partial charge is 0.305 e. The fourth-order valence-electron chi connectivity index (χ4n) is 3.32. The molecule has 3 rings (SSSR count). The Kier molecular flexibility index (Phi) is 6.97. The van der Waals surface area contributed by atoms with Crippen LogP contribution in [0.5, 0.6) is 5.75 Å². The van der Waals surface area contributed by atoms with Gasteiger partial charge in [-0.05, 0) is 68.3 Å². The Morgan fingerprint density at radius 2 is 1.81 bits per heavy atom. The molecule has 0 aliphatic carbocycles. The van der Waals surface area contributed by atoms with Crippen molar-refractivity contribution < 1.29 is 19.1 Å². The lowest BCUT2D eigenvalue weighted by molar-refractivity contribution is -0.140. The summed E-state index contributed by atoms with van der Waals surface area (Å²) in [6.45, 7) is 3.87. The van der Waals surface area contributed by atoms with Crippen molar-refractivity contribution in [3.63, 3.8) is 0 Å². The van der Waals surface area contributed by atoms with Crippen molar-refractivity contribution in [1.29, 1.82) is 0 Å². The molecule has 162 valence electrons. The van der Waals surface area contributed by atoms with Gasteiger partial charge in [0.05, 0.1) is 30.6 Å². The summed E-state index contributed by atoms with van der Waals surface area (Å²) >= 11 is 6.11. The molecule has 3 aromatic rings. The normalized spacial score (nSPS) is 10.6. The highest BCUT2D eigenvalue weighted by molar-refractivity contribution is 6.32. The van der Waals surface area contributed by atoms with E-state index in [9.17, 15) is 9.59 Å². The van der Waals surface area contributed by atoms with Gasteiger partial charge < -0.3 is 14.8 Å². The standard InChI is InChI=1S/C23H24ClN3O4/c1-14-19(10-12-22(28)31-4)15(2)27(26-14)18-8-5-16(6-9-18)23(29)25-17-7-11-21(30-3)20(24)13-17/h5-9,11,13H,10,12H2,1-4H3,(H,25,29). The van der Waals surface area contributed by atoms with Crippen molar-refractivity contribution in [2.45, 2.75) is 26.7 Å². The molecule has 0 bridgehead atoms. The molecule has 0 aliphatic heterocycles. The Labute approximate surface area is 185 Å². The van der Waals surface area contributed by atoms with E-state index in [1.54, 1.807) is 30.3 Å². The first-order valence-corrected chi connectivity index (χ1v) is 10.1. The average Bonchev–Trinajstić information content (AvgIpc) is 3.05. The lowest BCUT2D eigenvalue weighted by atomic mass is 10.1. The van der Waals surface area contributed by atoms with E-state index in [1.165, 1.54) is 14.2 Å². The molecular formula is C23H24ClN3O4. The number of benzene rings is 2.